The normalized spacial score (nSPS) is 17.2. The van der Waals surface area contributed by atoms with E-state index in [4.69, 9.17) is 0 Å². The van der Waals surface area contributed by atoms with Crippen LogP contribution in [0.1, 0.15) is 49.9 Å². The molecule has 4 heteroatoms. The molecule has 0 bridgehead atoms. The highest BCUT2D eigenvalue weighted by atomic mass is 19.1. The van der Waals surface area contributed by atoms with Crippen molar-refractivity contribution >= 4 is 10.9 Å². The predicted molar refractivity (Wildman–Crippen MR) is 106 cm³/mol. The molecule has 142 valence electrons. The van der Waals surface area contributed by atoms with Gasteiger partial charge in [0.15, 0.2) is 0 Å². The quantitative estimate of drug-likeness (QED) is 0.640. The molecule has 1 saturated carbocycles. The number of pyridine rings is 1. The van der Waals surface area contributed by atoms with Crippen LogP contribution in [-0.4, -0.2) is 20.7 Å². The Labute approximate surface area is 159 Å². The number of hydrogen-bond acceptors (Lipinski definition) is 2. The lowest BCUT2D eigenvalue weighted by Crippen LogP contribution is -2.41. The van der Waals surface area contributed by atoms with E-state index in [1.54, 1.807) is 12.3 Å². The molecule has 4 rings (SSSR count). The topological polar surface area (TPSA) is 48.9 Å². The van der Waals surface area contributed by atoms with Gasteiger partial charge in [0.05, 0.1) is 17.3 Å². The number of aryl methyl sites for hydroxylation is 1. The van der Waals surface area contributed by atoms with Crippen molar-refractivity contribution in [1.82, 2.24) is 9.97 Å². The largest absolute Gasteiger partial charge is 0.389 e. The van der Waals surface area contributed by atoms with E-state index in [0.717, 1.165) is 40.6 Å². The molecular formula is C23H27FN2O. The number of aliphatic hydroxyl groups is 1. The van der Waals surface area contributed by atoms with Crippen LogP contribution in [0.4, 0.5) is 4.39 Å². The number of aromatic amines is 1. The summed E-state index contributed by atoms with van der Waals surface area (Å²) in [6.45, 7) is 6.24. The van der Waals surface area contributed by atoms with E-state index in [1.807, 2.05) is 25.3 Å². The third-order valence-electron chi connectivity index (χ3n) is 5.98. The minimum Gasteiger partial charge on any atom is -0.389 e. The van der Waals surface area contributed by atoms with Crippen LogP contribution >= 0.6 is 0 Å². The fraction of sp³-hybridized carbons (Fsp3) is 0.435. The van der Waals surface area contributed by atoms with E-state index in [1.165, 1.54) is 6.07 Å². The lowest BCUT2D eigenvalue weighted by Gasteiger charge is -2.38. The fourth-order valence-corrected chi connectivity index (χ4v) is 4.68. The number of H-pyrrole nitrogens is 1. The monoisotopic (exact) mass is 366 g/mol. The number of nitrogens with one attached hydrogen (secondary N) is 1. The maximum atomic E-state index is 13.5. The predicted octanol–water partition coefficient (Wildman–Crippen LogP) is 5.06. The van der Waals surface area contributed by atoms with Gasteiger partial charge in [0.25, 0.3) is 0 Å². The summed E-state index contributed by atoms with van der Waals surface area (Å²) in [5.74, 6) is 0.109. The zero-order valence-electron chi connectivity index (χ0n) is 16.2. The molecule has 1 unspecified atom stereocenters. The Hall–Kier alpha value is -2.20. The van der Waals surface area contributed by atoms with E-state index >= 15 is 0 Å². The third kappa shape index (κ3) is 3.63. The van der Waals surface area contributed by atoms with Gasteiger partial charge in [-0.1, -0.05) is 19.9 Å². The Bertz CT molecular complexity index is 940. The summed E-state index contributed by atoms with van der Waals surface area (Å²) >= 11 is 0. The first kappa shape index (κ1) is 18.2. The molecule has 2 N–H and O–H groups in total. The van der Waals surface area contributed by atoms with Gasteiger partial charge in [-0.05, 0) is 72.9 Å². The van der Waals surface area contributed by atoms with Crippen molar-refractivity contribution in [2.45, 2.75) is 57.5 Å². The number of benzene rings is 1. The first-order valence-corrected chi connectivity index (χ1v) is 9.67. The van der Waals surface area contributed by atoms with Crippen LogP contribution < -0.4 is 0 Å². The number of nitrogens with zero attached hydrogens (tertiary/aromatic N) is 1. The summed E-state index contributed by atoms with van der Waals surface area (Å²) in [6.07, 6.45) is 6.97. The smallest absolute Gasteiger partial charge is 0.123 e. The van der Waals surface area contributed by atoms with Crippen LogP contribution in [0, 0.1) is 18.7 Å². The first-order chi connectivity index (χ1) is 12.8. The second-order valence-electron chi connectivity index (χ2n) is 8.83. The minimum absolute atomic E-state index is 0.212. The molecule has 0 saturated heterocycles. The van der Waals surface area contributed by atoms with Crippen LogP contribution in [-0.2, 0) is 11.8 Å². The van der Waals surface area contributed by atoms with Crippen LogP contribution in [0.2, 0.25) is 0 Å². The van der Waals surface area contributed by atoms with Crippen molar-refractivity contribution in [3.05, 3.63) is 65.4 Å². The number of fused-ring (bicyclic) bond motifs is 1. The SMILES string of the molecule is Cc1cc(F)ccc1C(C)(C)CC(O)(Cc1cc2ccncc2[nH]1)C1CC1. The molecule has 1 aliphatic carbocycles. The molecule has 27 heavy (non-hydrogen) atoms. The van der Waals surface area contributed by atoms with Crippen molar-refractivity contribution in [1.29, 1.82) is 0 Å². The Balaban J connectivity index is 1.63. The molecule has 2 heterocycles. The molecular weight excluding hydrogens is 339 g/mol. The molecule has 3 aromatic rings. The van der Waals surface area contributed by atoms with Crippen molar-refractivity contribution < 1.29 is 9.50 Å². The van der Waals surface area contributed by atoms with Gasteiger partial charge in [-0.3, -0.25) is 4.98 Å². The number of aromatic nitrogens is 2. The summed E-state index contributed by atoms with van der Waals surface area (Å²) < 4.78 is 13.5. The van der Waals surface area contributed by atoms with Gasteiger partial charge in [0.1, 0.15) is 5.82 Å². The average Bonchev–Trinajstić information content (AvgIpc) is 3.35. The third-order valence-corrected chi connectivity index (χ3v) is 5.98. The lowest BCUT2D eigenvalue weighted by molar-refractivity contribution is -0.00872. The van der Waals surface area contributed by atoms with Crippen LogP contribution in [0.25, 0.3) is 10.9 Å². The zero-order valence-corrected chi connectivity index (χ0v) is 16.2. The maximum Gasteiger partial charge on any atom is 0.123 e. The van der Waals surface area contributed by atoms with E-state index in [9.17, 15) is 9.50 Å². The Kier molecular flexibility index (Phi) is 4.34. The van der Waals surface area contributed by atoms with Crippen molar-refractivity contribution in [3.8, 4) is 0 Å². The summed E-state index contributed by atoms with van der Waals surface area (Å²) in [6, 6.07) is 9.06. The van der Waals surface area contributed by atoms with Gasteiger partial charge in [-0.2, -0.15) is 0 Å². The van der Waals surface area contributed by atoms with Gasteiger partial charge in [-0.25, -0.2) is 4.39 Å². The van der Waals surface area contributed by atoms with Crippen LogP contribution in [0.15, 0.2) is 42.7 Å². The molecule has 1 fully saturated rings. The number of rotatable bonds is 6. The Morgan fingerprint density at radius 3 is 2.67 bits per heavy atom. The molecule has 3 nitrogen and oxygen atoms in total. The molecule has 0 radical (unpaired) electrons. The summed E-state index contributed by atoms with van der Waals surface area (Å²) in [5.41, 5.74) is 3.05. The van der Waals surface area contributed by atoms with Crippen LogP contribution in [0.5, 0.6) is 0 Å². The van der Waals surface area contributed by atoms with Crippen molar-refractivity contribution in [2.75, 3.05) is 0 Å². The Morgan fingerprint density at radius 2 is 2.00 bits per heavy atom. The summed E-state index contributed by atoms with van der Waals surface area (Å²) in [7, 11) is 0. The number of halogens is 1. The standard InChI is InChI=1S/C23H27FN2O/c1-15-10-18(24)6-7-20(15)22(2,3)14-23(27,17-4-5-17)12-19-11-16-8-9-25-13-21(16)26-19/h6-11,13,17,26-27H,4-5,12,14H2,1-3H3. The van der Waals surface area contributed by atoms with Gasteiger partial charge in [0, 0.05) is 23.7 Å². The van der Waals surface area contributed by atoms with Gasteiger partial charge < -0.3 is 10.1 Å². The van der Waals surface area contributed by atoms with Gasteiger partial charge in [0.2, 0.25) is 0 Å². The Morgan fingerprint density at radius 1 is 1.22 bits per heavy atom. The van der Waals surface area contributed by atoms with E-state index in [0.29, 0.717) is 18.8 Å². The fourth-order valence-electron chi connectivity index (χ4n) is 4.68. The minimum atomic E-state index is -0.779. The second kappa shape index (κ2) is 6.45. The second-order valence-corrected chi connectivity index (χ2v) is 8.83. The zero-order chi connectivity index (χ0) is 19.2. The molecule has 2 aromatic heterocycles. The molecule has 0 amide bonds. The maximum absolute atomic E-state index is 13.5. The van der Waals surface area contributed by atoms with Crippen LogP contribution in [0.3, 0.4) is 0 Å². The average molecular weight is 366 g/mol. The summed E-state index contributed by atoms with van der Waals surface area (Å²) in [5, 5.41) is 12.8. The van der Waals surface area contributed by atoms with Crippen molar-refractivity contribution in [3.63, 3.8) is 0 Å². The molecule has 0 aliphatic heterocycles. The van der Waals surface area contributed by atoms with E-state index in [2.05, 4.69) is 29.9 Å². The highest BCUT2D eigenvalue weighted by molar-refractivity contribution is 5.79. The lowest BCUT2D eigenvalue weighted by atomic mass is 9.71. The first-order valence-electron chi connectivity index (χ1n) is 9.67. The highest BCUT2D eigenvalue weighted by Crippen LogP contribution is 2.48. The summed E-state index contributed by atoms with van der Waals surface area (Å²) in [4.78, 5) is 7.57. The molecule has 1 aromatic carbocycles. The van der Waals surface area contributed by atoms with Gasteiger partial charge >= 0.3 is 0 Å². The van der Waals surface area contributed by atoms with Crippen molar-refractivity contribution in [2.24, 2.45) is 5.92 Å². The van der Waals surface area contributed by atoms with E-state index in [-0.39, 0.29) is 11.2 Å². The van der Waals surface area contributed by atoms with Gasteiger partial charge in [-0.15, -0.1) is 0 Å². The van der Waals surface area contributed by atoms with E-state index < -0.39 is 5.60 Å². The molecule has 1 aliphatic rings. The molecule has 0 spiro atoms. The number of hydrogen-bond donors (Lipinski definition) is 2. The molecule has 1 atom stereocenters. The highest BCUT2D eigenvalue weighted by Gasteiger charge is 2.47.